The molecule has 0 bridgehead atoms. The fraction of sp³-hybridized carbons (Fsp3) is 0.333. The zero-order chi connectivity index (χ0) is 18.3. The molecule has 1 amide bonds. The van der Waals surface area contributed by atoms with Crippen LogP contribution in [0.5, 0.6) is 5.75 Å². The fourth-order valence-corrected chi connectivity index (χ4v) is 3.77. The number of fused-ring (bicyclic) bond motifs is 1. The number of likely N-dealkylation sites (tertiary alicyclic amines) is 1. The van der Waals surface area contributed by atoms with E-state index in [0.29, 0.717) is 42.8 Å². The zero-order valence-corrected chi connectivity index (χ0v) is 15.1. The number of para-hydroxylation sites is 1. The summed E-state index contributed by atoms with van der Waals surface area (Å²) in [7, 11) is 3.94. The lowest BCUT2D eigenvalue weighted by atomic mass is 9.89. The molecule has 0 aromatic heterocycles. The van der Waals surface area contributed by atoms with Gasteiger partial charge >= 0.3 is 0 Å². The second kappa shape index (κ2) is 6.16. The smallest absolute Gasteiger partial charge is 0.253 e. The van der Waals surface area contributed by atoms with E-state index in [2.05, 4.69) is 0 Å². The van der Waals surface area contributed by atoms with E-state index in [1.54, 1.807) is 11.0 Å². The maximum absolute atomic E-state index is 12.9. The molecule has 4 rings (SSSR count). The van der Waals surface area contributed by atoms with Crippen LogP contribution in [-0.2, 0) is 0 Å². The van der Waals surface area contributed by atoms with Crippen molar-refractivity contribution in [1.82, 2.24) is 4.90 Å². The van der Waals surface area contributed by atoms with Crippen molar-refractivity contribution in [3.8, 4) is 5.75 Å². The molecule has 5 heteroatoms. The Morgan fingerprint density at radius 1 is 1.12 bits per heavy atom. The molecule has 2 heterocycles. The van der Waals surface area contributed by atoms with Crippen LogP contribution in [0.3, 0.4) is 0 Å². The predicted molar refractivity (Wildman–Crippen MR) is 100 cm³/mol. The molecule has 2 aliphatic heterocycles. The van der Waals surface area contributed by atoms with E-state index >= 15 is 0 Å². The van der Waals surface area contributed by atoms with Gasteiger partial charge in [-0.1, -0.05) is 12.1 Å². The van der Waals surface area contributed by atoms with Crippen LogP contribution in [0.25, 0.3) is 0 Å². The highest BCUT2D eigenvalue weighted by atomic mass is 16.5. The summed E-state index contributed by atoms with van der Waals surface area (Å²) in [6.07, 6.45) is 1.00. The van der Waals surface area contributed by atoms with Crippen molar-refractivity contribution in [2.75, 3.05) is 32.1 Å². The summed E-state index contributed by atoms with van der Waals surface area (Å²) in [6.45, 7) is 1.05. The van der Waals surface area contributed by atoms with E-state index < -0.39 is 5.60 Å². The maximum Gasteiger partial charge on any atom is 0.253 e. The summed E-state index contributed by atoms with van der Waals surface area (Å²) < 4.78 is 6.20. The molecule has 1 atom stereocenters. The van der Waals surface area contributed by atoms with Crippen molar-refractivity contribution in [1.29, 1.82) is 0 Å². The van der Waals surface area contributed by atoms with Gasteiger partial charge in [-0.25, -0.2) is 0 Å². The normalized spacial score (nSPS) is 21.5. The van der Waals surface area contributed by atoms with Gasteiger partial charge in [0.15, 0.2) is 5.78 Å². The van der Waals surface area contributed by atoms with Crippen LogP contribution < -0.4 is 9.64 Å². The molecule has 1 saturated heterocycles. The number of amides is 1. The van der Waals surface area contributed by atoms with Gasteiger partial charge in [-0.15, -0.1) is 0 Å². The Kier molecular flexibility index (Phi) is 3.94. The second-order valence-electron chi connectivity index (χ2n) is 7.30. The van der Waals surface area contributed by atoms with Crippen LogP contribution >= 0.6 is 0 Å². The van der Waals surface area contributed by atoms with Gasteiger partial charge < -0.3 is 14.5 Å². The lowest BCUT2D eigenvalue weighted by Gasteiger charge is -2.34. The molecule has 134 valence electrons. The van der Waals surface area contributed by atoms with Crippen molar-refractivity contribution in [2.45, 2.75) is 18.4 Å². The molecule has 26 heavy (non-hydrogen) atoms. The number of hydrogen-bond acceptors (Lipinski definition) is 4. The molecular weight excluding hydrogens is 328 g/mol. The van der Waals surface area contributed by atoms with Crippen LogP contribution in [-0.4, -0.2) is 49.4 Å². The van der Waals surface area contributed by atoms with E-state index in [0.717, 1.165) is 5.69 Å². The Morgan fingerprint density at radius 3 is 2.58 bits per heavy atom. The van der Waals surface area contributed by atoms with Gasteiger partial charge in [-0.2, -0.15) is 0 Å². The molecule has 1 unspecified atom stereocenters. The molecular formula is C21H22N2O3. The Hall–Kier alpha value is -2.82. The van der Waals surface area contributed by atoms with Crippen molar-refractivity contribution in [3.63, 3.8) is 0 Å². The molecule has 0 saturated carbocycles. The van der Waals surface area contributed by atoms with Gasteiger partial charge in [-0.3, -0.25) is 9.59 Å². The van der Waals surface area contributed by atoms with E-state index in [1.807, 2.05) is 61.5 Å². The zero-order valence-electron chi connectivity index (χ0n) is 15.1. The third kappa shape index (κ3) is 2.83. The largest absolute Gasteiger partial charge is 0.484 e. The minimum Gasteiger partial charge on any atom is -0.484 e. The van der Waals surface area contributed by atoms with E-state index in [9.17, 15) is 9.59 Å². The number of Topliss-reactive ketones (excluding diaryl/α,β-unsaturated/α-hetero) is 1. The molecule has 0 aliphatic carbocycles. The summed E-state index contributed by atoms with van der Waals surface area (Å²) in [6, 6.07) is 14.9. The highest BCUT2D eigenvalue weighted by Gasteiger charge is 2.46. The van der Waals surface area contributed by atoms with Crippen LogP contribution in [0.4, 0.5) is 5.69 Å². The molecule has 0 N–H and O–H groups in total. The number of carbonyl (C=O) groups is 2. The Balaban J connectivity index is 1.52. The SMILES string of the molecule is CN(C)c1ccc(C(=O)N2CCC3(CC(=O)c4ccccc4O3)C2)cc1. The number of anilines is 1. The number of benzene rings is 2. The lowest BCUT2D eigenvalue weighted by Crippen LogP contribution is -2.45. The molecule has 5 nitrogen and oxygen atoms in total. The molecule has 1 spiro atoms. The summed E-state index contributed by atoms with van der Waals surface area (Å²) in [5, 5.41) is 0. The van der Waals surface area contributed by atoms with Crippen molar-refractivity contribution in [3.05, 3.63) is 59.7 Å². The summed E-state index contributed by atoms with van der Waals surface area (Å²) in [4.78, 5) is 29.2. The first-order valence-electron chi connectivity index (χ1n) is 8.85. The molecule has 2 aromatic rings. The highest BCUT2D eigenvalue weighted by molar-refractivity contribution is 6.00. The molecule has 0 radical (unpaired) electrons. The lowest BCUT2D eigenvalue weighted by molar-refractivity contribution is 0.0428. The number of ketones is 1. The van der Waals surface area contributed by atoms with Gasteiger partial charge in [0.1, 0.15) is 11.4 Å². The van der Waals surface area contributed by atoms with Gasteiger partial charge in [0, 0.05) is 38.3 Å². The topological polar surface area (TPSA) is 49.9 Å². The van der Waals surface area contributed by atoms with Crippen molar-refractivity contribution >= 4 is 17.4 Å². The maximum atomic E-state index is 12.9. The summed E-state index contributed by atoms with van der Waals surface area (Å²) in [5.74, 6) is 0.715. The minimum atomic E-state index is -0.593. The number of carbonyl (C=O) groups excluding carboxylic acids is 2. The first-order chi connectivity index (χ1) is 12.5. The first kappa shape index (κ1) is 16.6. The average molecular weight is 350 g/mol. The van der Waals surface area contributed by atoms with Gasteiger partial charge in [0.2, 0.25) is 0 Å². The summed E-state index contributed by atoms with van der Waals surface area (Å²) >= 11 is 0. The average Bonchev–Trinajstić information content (AvgIpc) is 3.04. The van der Waals surface area contributed by atoms with Gasteiger partial charge in [0.25, 0.3) is 5.91 Å². The van der Waals surface area contributed by atoms with E-state index in [4.69, 9.17) is 4.74 Å². The molecule has 2 aliphatic rings. The van der Waals surface area contributed by atoms with Gasteiger partial charge in [-0.05, 0) is 36.4 Å². The Bertz CT molecular complexity index is 860. The van der Waals surface area contributed by atoms with Crippen LogP contribution in [0.2, 0.25) is 0 Å². The Morgan fingerprint density at radius 2 is 1.85 bits per heavy atom. The standard InChI is InChI=1S/C21H22N2O3/c1-22(2)16-9-7-15(8-10-16)20(25)23-12-11-21(14-23)13-18(24)17-5-3-4-6-19(17)26-21/h3-10H,11-14H2,1-2H3. The van der Waals surface area contributed by atoms with Crippen molar-refractivity contribution < 1.29 is 14.3 Å². The van der Waals surface area contributed by atoms with Crippen molar-refractivity contribution in [2.24, 2.45) is 0 Å². The van der Waals surface area contributed by atoms with Crippen LogP contribution in [0, 0.1) is 0 Å². The van der Waals surface area contributed by atoms with Gasteiger partial charge in [0.05, 0.1) is 18.5 Å². The van der Waals surface area contributed by atoms with E-state index in [-0.39, 0.29) is 11.7 Å². The number of nitrogens with zero attached hydrogens (tertiary/aromatic N) is 2. The highest BCUT2D eigenvalue weighted by Crippen LogP contribution is 2.38. The van der Waals surface area contributed by atoms with E-state index in [1.165, 1.54) is 0 Å². The molecule has 1 fully saturated rings. The van der Waals surface area contributed by atoms with Crippen LogP contribution in [0.15, 0.2) is 48.5 Å². The predicted octanol–water partition coefficient (Wildman–Crippen LogP) is 3.00. The minimum absolute atomic E-state index is 0.0120. The molecule has 2 aromatic carbocycles. The third-order valence-corrected chi connectivity index (χ3v) is 5.23. The number of hydrogen-bond donors (Lipinski definition) is 0. The number of ether oxygens (including phenoxy) is 1. The van der Waals surface area contributed by atoms with Crippen LogP contribution in [0.1, 0.15) is 33.6 Å². The fourth-order valence-electron chi connectivity index (χ4n) is 3.77. The quantitative estimate of drug-likeness (QED) is 0.835. The Labute approximate surface area is 153 Å². The summed E-state index contributed by atoms with van der Waals surface area (Å²) in [5.41, 5.74) is 1.76. The number of rotatable bonds is 2. The first-order valence-corrected chi connectivity index (χ1v) is 8.85. The monoisotopic (exact) mass is 350 g/mol. The second-order valence-corrected chi connectivity index (χ2v) is 7.30. The third-order valence-electron chi connectivity index (χ3n) is 5.23.